The highest BCUT2D eigenvalue weighted by molar-refractivity contribution is 5.94. The molecule has 1 fully saturated rings. The smallest absolute Gasteiger partial charge is 0.251 e. The second-order valence-corrected chi connectivity index (χ2v) is 3.82. The number of halogens is 2. The molecule has 16 heavy (non-hydrogen) atoms. The number of carbonyl (C=O) groups excluding carboxylic acids is 1. The quantitative estimate of drug-likeness (QED) is 0.791. The third-order valence-electron chi connectivity index (χ3n) is 2.52. The summed E-state index contributed by atoms with van der Waals surface area (Å²) in [4.78, 5) is 11.6. The Morgan fingerprint density at radius 1 is 1.31 bits per heavy atom. The number of nitrogens with one attached hydrogen (secondary N) is 2. The summed E-state index contributed by atoms with van der Waals surface area (Å²) in [6.07, 6.45) is 0.837. The Morgan fingerprint density at radius 2 is 2.00 bits per heavy atom. The minimum atomic E-state index is -0.741. The number of benzene rings is 1. The average Bonchev–Trinajstić information content (AvgIpc) is 2.68. The van der Waals surface area contributed by atoms with E-state index in [9.17, 15) is 13.6 Å². The third-order valence-corrected chi connectivity index (χ3v) is 2.52. The van der Waals surface area contributed by atoms with Gasteiger partial charge in [0.2, 0.25) is 0 Å². The molecule has 0 radical (unpaired) electrons. The molecule has 3 nitrogen and oxygen atoms in total. The zero-order valence-corrected chi connectivity index (χ0v) is 8.59. The molecule has 5 heteroatoms. The van der Waals surface area contributed by atoms with E-state index in [4.69, 9.17) is 0 Å². The Balaban J connectivity index is 2.07. The Morgan fingerprint density at radius 3 is 2.56 bits per heavy atom. The zero-order valence-electron chi connectivity index (χ0n) is 8.59. The van der Waals surface area contributed by atoms with E-state index < -0.39 is 17.5 Å². The van der Waals surface area contributed by atoms with Crippen LogP contribution in [0.3, 0.4) is 0 Å². The van der Waals surface area contributed by atoms with Gasteiger partial charge in [0, 0.05) is 24.2 Å². The lowest BCUT2D eigenvalue weighted by atomic mass is 10.1. The van der Waals surface area contributed by atoms with Crippen molar-refractivity contribution in [2.75, 3.05) is 13.1 Å². The maximum absolute atomic E-state index is 12.9. The van der Waals surface area contributed by atoms with Crippen LogP contribution in [0, 0.1) is 11.6 Å². The van der Waals surface area contributed by atoms with E-state index in [2.05, 4.69) is 10.6 Å². The molecule has 2 rings (SSSR count). The van der Waals surface area contributed by atoms with E-state index in [1.54, 1.807) is 0 Å². The van der Waals surface area contributed by atoms with Crippen LogP contribution in [0.25, 0.3) is 0 Å². The van der Waals surface area contributed by atoms with Crippen LogP contribution in [-0.4, -0.2) is 25.0 Å². The van der Waals surface area contributed by atoms with Crippen LogP contribution in [0.1, 0.15) is 16.8 Å². The summed E-state index contributed by atoms with van der Waals surface area (Å²) in [6, 6.07) is 2.84. The molecule has 1 atom stereocenters. The van der Waals surface area contributed by atoms with Crippen LogP contribution in [0.5, 0.6) is 0 Å². The van der Waals surface area contributed by atoms with Crippen molar-refractivity contribution in [2.45, 2.75) is 12.5 Å². The Hall–Kier alpha value is -1.49. The van der Waals surface area contributed by atoms with Crippen LogP contribution >= 0.6 is 0 Å². The van der Waals surface area contributed by atoms with Crippen molar-refractivity contribution in [3.63, 3.8) is 0 Å². The molecule has 1 heterocycles. The minimum Gasteiger partial charge on any atom is -0.348 e. The summed E-state index contributed by atoms with van der Waals surface area (Å²) in [5, 5.41) is 5.80. The number of hydrogen-bond acceptors (Lipinski definition) is 2. The van der Waals surface area contributed by atoms with Crippen LogP contribution in [-0.2, 0) is 0 Å². The van der Waals surface area contributed by atoms with Gasteiger partial charge in [-0.05, 0) is 25.1 Å². The van der Waals surface area contributed by atoms with Gasteiger partial charge in [0.05, 0.1) is 0 Å². The first-order valence-electron chi connectivity index (χ1n) is 5.13. The minimum absolute atomic E-state index is 0.0180. The fourth-order valence-corrected chi connectivity index (χ4v) is 1.73. The monoisotopic (exact) mass is 226 g/mol. The maximum atomic E-state index is 12.9. The van der Waals surface area contributed by atoms with E-state index in [-0.39, 0.29) is 11.6 Å². The number of amides is 1. The van der Waals surface area contributed by atoms with Crippen LogP contribution in [0.2, 0.25) is 0 Å². The third kappa shape index (κ3) is 2.55. The average molecular weight is 226 g/mol. The largest absolute Gasteiger partial charge is 0.348 e. The SMILES string of the molecule is O=C(N[C@@H]1CCNC1)c1cc(F)cc(F)c1. The molecule has 86 valence electrons. The zero-order chi connectivity index (χ0) is 11.5. The van der Waals surface area contributed by atoms with Crippen LogP contribution in [0.15, 0.2) is 18.2 Å². The molecule has 1 saturated heterocycles. The number of hydrogen-bond donors (Lipinski definition) is 2. The first-order chi connectivity index (χ1) is 7.65. The van der Waals surface area contributed by atoms with Gasteiger partial charge in [-0.25, -0.2) is 8.78 Å². The maximum Gasteiger partial charge on any atom is 0.251 e. The lowest BCUT2D eigenvalue weighted by molar-refractivity contribution is 0.0939. The second-order valence-electron chi connectivity index (χ2n) is 3.82. The molecule has 0 spiro atoms. The molecule has 0 saturated carbocycles. The summed E-state index contributed by atoms with van der Waals surface area (Å²) < 4.78 is 25.7. The van der Waals surface area contributed by atoms with Crippen molar-refractivity contribution >= 4 is 5.91 Å². The summed E-state index contributed by atoms with van der Waals surface area (Å²) in [5.41, 5.74) is 0.0180. The van der Waals surface area contributed by atoms with Crippen molar-refractivity contribution < 1.29 is 13.6 Å². The molecule has 0 aromatic heterocycles. The highest BCUT2D eigenvalue weighted by Crippen LogP contribution is 2.08. The van der Waals surface area contributed by atoms with Gasteiger partial charge in [-0.2, -0.15) is 0 Å². The van der Waals surface area contributed by atoms with Crippen LogP contribution in [0.4, 0.5) is 8.78 Å². The van der Waals surface area contributed by atoms with Gasteiger partial charge in [-0.15, -0.1) is 0 Å². The van der Waals surface area contributed by atoms with E-state index in [0.29, 0.717) is 6.54 Å². The Bertz CT molecular complexity index is 383. The van der Waals surface area contributed by atoms with Gasteiger partial charge in [-0.3, -0.25) is 4.79 Å². The van der Waals surface area contributed by atoms with Gasteiger partial charge in [0.15, 0.2) is 0 Å². The highest BCUT2D eigenvalue weighted by Gasteiger charge is 2.18. The van der Waals surface area contributed by atoms with Crippen molar-refractivity contribution in [1.29, 1.82) is 0 Å². The van der Waals surface area contributed by atoms with E-state index in [1.165, 1.54) is 0 Å². The van der Waals surface area contributed by atoms with E-state index in [0.717, 1.165) is 31.2 Å². The lowest BCUT2D eigenvalue weighted by Crippen LogP contribution is -2.36. The van der Waals surface area contributed by atoms with Crippen molar-refractivity contribution in [3.8, 4) is 0 Å². The molecular formula is C11H12F2N2O. The van der Waals surface area contributed by atoms with Crippen molar-refractivity contribution in [3.05, 3.63) is 35.4 Å². The van der Waals surface area contributed by atoms with Gasteiger partial charge in [-0.1, -0.05) is 0 Å². The summed E-state index contributed by atoms with van der Waals surface area (Å²) in [7, 11) is 0. The van der Waals surface area contributed by atoms with Crippen LogP contribution < -0.4 is 10.6 Å². The summed E-state index contributed by atoms with van der Waals surface area (Å²) in [6.45, 7) is 1.55. The predicted octanol–water partition coefficient (Wildman–Crippen LogP) is 1.06. The summed E-state index contributed by atoms with van der Waals surface area (Å²) >= 11 is 0. The van der Waals surface area contributed by atoms with E-state index in [1.807, 2.05) is 0 Å². The highest BCUT2D eigenvalue weighted by atomic mass is 19.1. The summed E-state index contributed by atoms with van der Waals surface area (Å²) in [5.74, 6) is -1.92. The molecular weight excluding hydrogens is 214 g/mol. The molecule has 2 N–H and O–H groups in total. The second kappa shape index (κ2) is 4.57. The molecule has 0 unspecified atom stereocenters. The standard InChI is InChI=1S/C11H12F2N2O/c12-8-3-7(4-9(13)5-8)11(16)15-10-1-2-14-6-10/h3-5,10,14H,1-2,6H2,(H,15,16)/t10-/m1/s1. The molecule has 1 amide bonds. The first kappa shape index (κ1) is 11.0. The predicted molar refractivity (Wildman–Crippen MR) is 55.1 cm³/mol. The normalized spacial score (nSPS) is 19.8. The van der Waals surface area contributed by atoms with Crippen molar-refractivity contribution in [1.82, 2.24) is 10.6 Å². The van der Waals surface area contributed by atoms with Crippen molar-refractivity contribution in [2.24, 2.45) is 0 Å². The van der Waals surface area contributed by atoms with Gasteiger partial charge in [0.1, 0.15) is 11.6 Å². The Labute approximate surface area is 91.8 Å². The van der Waals surface area contributed by atoms with Gasteiger partial charge < -0.3 is 10.6 Å². The molecule has 0 bridgehead atoms. The number of carbonyl (C=O) groups is 1. The molecule has 0 aliphatic carbocycles. The fraction of sp³-hybridized carbons (Fsp3) is 0.364. The number of rotatable bonds is 2. The van der Waals surface area contributed by atoms with Gasteiger partial charge >= 0.3 is 0 Å². The topological polar surface area (TPSA) is 41.1 Å². The molecule has 1 aromatic carbocycles. The fourth-order valence-electron chi connectivity index (χ4n) is 1.73. The lowest BCUT2D eigenvalue weighted by Gasteiger charge is -2.11. The van der Waals surface area contributed by atoms with E-state index >= 15 is 0 Å². The molecule has 1 aliphatic rings. The molecule has 1 aliphatic heterocycles. The Kier molecular flexibility index (Phi) is 3.14. The molecule has 1 aromatic rings. The first-order valence-corrected chi connectivity index (χ1v) is 5.13. The van der Waals surface area contributed by atoms with Gasteiger partial charge in [0.25, 0.3) is 5.91 Å².